The van der Waals surface area contributed by atoms with Gasteiger partial charge in [0, 0.05) is 23.8 Å². The fourth-order valence-electron chi connectivity index (χ4n) is 2.79. The molecule has 0 atom stereocenters. The number of hydrogen-bond acceptors (Lipinski definition) is 5. The Morgan fingerprint density at radius 3 is 1.97 bits per heavy atom. The number of nitrogens with one attached hydrogen (secondary N) is 2. The summed E-state index contributed by atoms with van der Waals surface area (Å²) in [5, 5.41) is 15.2. The van der Waals surface area contributed by atoms with Crippen molar-refractivity contribution in [2.45, 2.75) is 44.6 Å². The molecule has 13 heteroatoms. The van der Waals surface area contributed by atoms with Crippen molar-refractivity contribution in [3.8, 4) is 0 Å². The molecule has 0 fully saturated rings. The van der Waals surface area contributed by atoms with Gasteiger partial charge in [0.15, 0.2) is 5.03 Å². The van der Waals surface area contributed by atoms with Crippen LogP contribution in [0.25, 0.3) is 0 Å². The number of benzene rings is 1. The third kappa shape index (κ3) is 7.46. The molecule has 2 rings (SSSR count). The van der Waals surface area contributed by atoms with Gasteiger partial charge in [0.1, 0.15) is 5.69 Å². The van der Waals surface area contributed by atoms with Crippen molar-refractivity contribution in [3.05, 3.63) is 40.0 Å². The summed E-state index contributed by atoms with van der Waals surface area (Å²) in [4.78, 5) is 23.6. The number of aromatic nitrogens is 2. The van der Waals surface area contributed by atoms with Crippen molar-refractivity contribution in [2.75, 3.05) is 5.32 Å². The molecule has 1 heterocycles. The molecule has 0 aliphatic rings. The number of aromatic carboxylic acids is 1. The summed E-state index contributed by atoms with van der Waals surface area (Å²) in [6.07, 6.45) is 0. The van der Waals surface area contributed by atoms with Crippen molar-refractivity contribution in [1.29, 1.82) is 0 Å². The first-order chi connectivity index (χ1) is 13.3. The second-order valence-corrected chi connectivity index (χ2v) is 9.19. The quantitative estimate of drug-likeness (QED) is 0.393. The Bertz CT molecular complexity index is 1050. The van der Waals surface area contributed by atoms with Crippen molar-refractivity contribution in [2.24, 2.45) is 7.05 Å². The van der Waals surface area contributed by atoms with Crippen LogP contribution in [0, 0.1) is 0 Å². The van der Waals surface area contributed by atoms with E-state index in [1.54, 1.807) is 12.1 Å². The summed E-state index contributed by atoms with van der Waals surface area (Å²) in [7, 11) is -3.08. The number of carboxylic acids is 1. The van der Waals surface area contributed by atoms with Gasteiger partial charge in [-0.15, -0.1) is 0 Å². The largest absolute Gasteiger partial charge is 1.00 e. The maximum atomic E-state index is 12.5. The number of carbonyl (C=O) groups excluding carboxylic acids is 1. The van der Waals surface area contributed by atoms with Crippen molar-refractivity contribution in [1.82, 2.24) is 14.5 Å². The molecule has 0 aliphatic carbocycles. The molecule has 162 valence electrons. The minimum atomic E-state index is -4.37. The molecule has 0 saturated carbocycles. The minimum absolute atomic E-state index is 0. The van der Waals surface area contributed by atoms with Gasteiger partial charge in [0.25, 0.3) is 10.0 Å². The molecular weight excluding hydrogens is 466 g/mol. The van der Waals surface area contributed by atoms with Crippen LogP contribution in [0.2, 0.25) is 5.02 Å². The van der Waals surface area contributed by atoms with E-state index in [4.69, 9.17) is 16.7 Å². The molecule has 31 heavy (non-hydrogen) atoms. The fraction of sp³-hybridized carbons (Fsp3) is 0.389. The number of carboxylic acid groups (broad SMARTS) is 1. The topological polar surface area (TPSA) is 130 Å². The fourth-order valence-corrected chi connectivity index (χ4v) is 3.92. The summed E-state index contributed by atoms with van der Waals surface area (Å²) in [6.45, 7) is 7.71. The number of urea groups is 1. The van der Waals surface area contributed by atoms with E-state index in [2.05, 4.69) is 10.4 Å². The first-order valence-corrected chi connectivity index (χ1v) is 10.6. The molecular formula is C18H25ClN4Na2O5S. The molecule has 2 amide bonds. The standard InChI is InChI=1S/C18H23ClN4O5S.2Na.2H/c1-9(2)12-6-11(19)7-13(10(3)4)16(12)20-18(26)22-29(27,28)15-8-14(17(24)25)23(5)21-15;;;;/h6-10H,1-5H3,(H,24,25)(H2,20,22,26);;;;/q;2*+1;2*-1. The zero-order valence-corrected chi connectivity index (χ0v) is 24.2. The molecule has 2 aromatic rings. The molecule has 0 saturated heterocycles. The van der Waals surface area contributed by atoms with E-state index >= 15 is 0 Å². The van der Waals surface area contributed by atoms with Crippen LogP contribution in [0.1, 0.15) is 64.0 Å². The SMILES string of the molecule is CC(C)c1cc(Cl)cc(C(C)C)c1NC(=O)NS(=O)(=O)c1cc(C(=O)O)n(C)n1.[H-].[H-].[Na+].[Na+]. The Kier molecular flexibility index (Phi) is 11.8. The Morgan fingerprint density at radius 1 is 1.10 bits per heavy atom. The van der Waals surface area contributed by atoms with Gasteiger partial charge in [-0.1, -0.05) is 39.3 Å². The average Bonchev–Trinajstić information content (AvgIpc) is 2.98. The van der Waals surface area contributed by atoms with Crippen LogP contribution in [-0.2, 0) is 17.1 Å². The summed E-state index contributed by atoms with van der Waals surface area (Å²) in [5.74, 6) is -1.30. The Hall–Kier alpha value is -0.590. The van der Waals surface area contributed by atoms with Gasteiger partial charge in [-0.25, -0.2) is 14.3 Å². The van der Waals surface area contributed by atoms with E-state index in [0.717, 1.165) is 21.9 Å². The Balaban J connectivity index is -0.00000225. The monoisotopic (exact) mass is 490 g/mol. The van der Waals surface area contributed by atoms with E-state index < -0.39 is 27.0 Å². The van der Waals surface area contributed by atoms with Crippen LogP contribution < -0.4 is 69.2 Å². The first-order valence-electron chi connectivity index (χ1n) is 8.78. The smallest absolute Gasteiger partial charge is 1.00 e. The van der Waals surface area contributed by atoms with E-state index in [-0.39, 0.29) is 79.5 Å². The van der Waals surface area contributed by atoms with Gasteiger partial charge < -0.3 is 13.3 Å². The Labute approximate surface area is 233 Å². The third-order valence-electron chi connectivity index (χ3n) is 4.23. The van der Waals surface area contributed by atoms with Crippen LogP contribution in [-0.4, -0.2) is 35.3 Å². The van der Waals surface area contributed by atoms with Crippen LogP contribution in [0.5, 0.6) is 0 Å². The van der Waals surface area contributed by atoms with Crippen LogP contribution in [0.3, 0.4) is 0 Å². The number of amides is 2. The van der Waals surface area contributed by atoms with E-state index in [9.17, 15) is 18.0 Å². The second-order valence-electron chi connectivity index (χ2n) is 7.12. The third-order valence-corrected chi connectivity index (χ3v) is 5.65. The van der Waals surface area contributed by atoms with Gasteiger partial charge in [-0.05, 0) is 35.1 Å². The van der Waals surface area contributed by atoms with E-state index in [0.29, 0.717) is 10.7 Å². The van der Waals surface area contributed by atoms with Crippen molar-refractivity contribution < 1.29 is 85.1 Å². The van der Waals surface area contributed by atoms with Gasteiger partial charge in [-0.2, -0.15) is 13.5 Å². The number of hydrogen-bond donors (Lipinski definition) is 3. The number of halogens is 1. The number of carbonyl (C=O) groups is 2. The molecule has 9 nitrogen and oxygen atoms in total. The normalized spacial score (nSPS) is 11.0. The summed E-state index contributed by atoms with van der Waals surface area (Å²) < 4.78 is 27.7. The molecule has 0 aliphatic heterocycles. The van der Waals surface area contributed by atoms with Crippen LogP contribution in [0.4, 0.5) is 10.5 Å². The summed E-state index contributed by atoms with van der Waals surface area (Å²) >= 11 is 6.19. The number of aryl methyl sites for hydroxylation is 1. The van der Waals surface area contributed by atoms with E-state index in [1.807, 2.05) is 32.4 Å². The van der Waals surface area contributed by atoms with Crippen molar-refractivity contribution in [3.63, 3.8) is 0 Å². The average molecular weight is 491 g/mol. The van der Waals surface area contributed by atoms with Gasteiger partial charge in [0.05, 0.1) is 0 Å². The number of sulfonamides is 1. The molecule has 0 bridgehead atoms. The van der Waals surface area contributed by atoms with Crippen LogP contribution in [0.15, 0.2) is 23.2 Å². The predicted molar refractivity (Wildman–Crippen MR) is 111 cm³/mol. The van der Waals surface area contributed by atoms with Gasteiger partial charge >= 0.3 is 71.1 Å². The minimum Gasteiger partial charge on any atom is -1.00 e. The molecule has 1 aromatic carbocycles. The summed E-state index contributed by atoms with van der Waals surface area (Å²) in [5.41, 5.74) is 1.69. The first kappa shape index (κ1) is 30.4. The van der Waals surface area contributed by atoms with E-state index in [1.165, 1.54) is 7.05 Å². The molecule has 3 N–H and O–H groups in total. The van der Waals surface area contributed by atoms with Gasteiger partial charge in [-0.3, -0.25) is 4.68 Å². The second kappa shape index (κ2) is 12.0. The molecule has 0 radical (unpaired) electrons. The number of nitrogens with zero attached hydrogens (tertiary/aromatic N) is 2. The maximum Gasteiger partial charge on any atom is 1.00 e. The van der Waals surface area contributed by atoms with Crippen molar-refractivity contribution >= 4 is 39.3 Å². The zero-order valence-electron chi connectivity index (χ0n) is 20.6. The van der Waals surface area contributed by atoms with Crippen LogP contribution >= 0.6 is 11.6 Å². The number of anilines is 1. The zero-order chi connectivity index (χ0) is 22.1. The molecule has 0 unspecified atom stereocenters. The Morgan fingerprint density at radius 2 is 1.58 bits per heavy atom. The molecule has 1 aromatic heterocycles. The number of rotatable bonds is 6. The summed E-state index contributed by atoms with van der Waals surface area (Å²) in [6, 6.07) is 3.33. The van der Waals surface area contributed by atoms with Gasteiger partial charge in [0.2, 0.25) is 0 Å². The predicted octanol–water partition coefficient (Wildman–Crippen LogP) is -2.24. The maximum absolute atomic E-state index is 12.5. The molecule has 0 spiro atoms.